The van der Waals surface area contributed by atoms with Gasteiger partial charge in [-0.25, -0.2) is 15.0 Å². The van der Waals surface area contributed by atoms with Crippen LogP contribution in [0.5, 0.6) is 17.2 Å². The number of nitrogens with one attached hydrogen (secondary N) is 6. The second-order valence-electron chi connectivity index (χ2n) is 27.8. The van der Waals surface area contributed by atoms with Crippen LogP contribution in [0.4, 0.5) is 5.69 Å². The van der Waals surface area contributed by atoms with Crippen molar-refractivity contribution in [1.82, 2.24) is 55.2 Å². The number of rotatable bonds is 20. The molecule has 0 saturated carbocycles. The summed E-state index contributed by atoms with van der Waals surface area (Å²) in [5.41, 5.74) is 17.9. The summed E-state index contributed by atoms with van der Waals surface area (Å²) < 4.78 is 22.6. The molecule has 5 aromatic carbocycles. The third-order valence-corrected chi connectivity index (χ3v) is 17.5. The van der Waals surface area contributed by atoms with E-state index in [9.17, 15) is 29.1 Å². The molecule has 0 amide bonds. The highest BCUT2D eigenvalue weighted by atomic mass is 16.5. The first-order chi connectivity index (χ1) is 50.0. The number of fused-ring (bicyclic) bond motifs is 6. The second-order valence-corrected chi connectivity index (χ2v) is 27.8. The number of carbonyl (C=O) groups excluding carboxylic acids is 5. The number of hydrogen-bond donors (Lipinski definition) is 8. The number of hydrogen-bond acceptors (Lipinski definition) is 16. The molecule has 16 aromatic rings. The highest BCUT2D eigenvalue weighted by molar-refractivity contribution is 6.13. The normalized spacial score (nSPS) is 11.7. The fraction of sp³-hybridized carbons (Fsp3) is 0.171. The molecule has 11 heterocycles. The van der Waals surface area contributed by atoms with E-state index in [2.05, 4.69) is 55.2 Å². The molecule has 0 unspecified atom stereocenters. The number of phenols is 1. The second kappa shape index (κ2) is 28.4. The Balaban J connectivity index is 0.000000134. The first-order valence-electron chi connectivity index (χ1n) is 33.7. The molecule has 0 aliphatic heterocycles. The Kier molecular flexibility index (Phi) is 18.6. The van der Waals surface area contributed by atoms with Gasteiger partial charge < -0.3 is 59.3 Å². The van der Waals surface area contributed by atoms with Gasteiger partial charge in [0.1, 0.15) is 70.5 Å². The van der Waals surface area contributed by atoms with E-state index in [1.165, 1.54) is 0 Å². The van der Waals surface area contributed by atoms with Crippen molar-refractivity contribution < 1.29 is 47.6 Å². The summed E-state index contributed by atoms with van der Waals surface area (Å²) in [6.07, 6.45) is 5.66. The van der Waals surface area contributed by atoms with E-state index < -0.39 is 0 Å². The third-order valence-electron chi connectivity index (χ3n) is 17.5. The zero-order valence-corrected chi connectivity index (χ0v) is 57.7. The standard InChI is InChI=1S/C33H30N4O4.C26H24N4O4.C23H18N4O2/c1-33(2,3)30-17-24(37-41-30)16-25(38)12-21-11-23-15-29(36-32(23)34-18-21)31(39)28-14-22-13-26(9-10-27(22)35-28)40-19-20-7-5-4-6-8-20;1-26(2,3)23-12-17(30-34-23)11-19(32)7-14-6-16-10-22(29-25(16)27-13-14)24(33)21-9-15-8-18(31)4-5-20(15)28-21;24-17-8-16-11-21(27-23(16)25-12-17)22(28)20-10-15-9-18(6-7-19(15)26-20)29-13-14-4-2-1-3-5-14/h4-11,13-15,17-18,35H,12,16,19H2,1-3H3,(H,34,36);4-6,8-10,12-13,28,31H,7,11H2,1-3H3,(H,27,29);1-12,26H,13,24H2,(H,25,27). The molecular formula is C82H72N12O10. The van der Waals surface area contributed by atoms with E-state index in [0.29, 0.717) is 81.4 Å². The van der Waals surface area contributed by atoms with Crippen molar-refractivity contribution in [2.24, 2.45) is 0 Å². The van der Waals surface area contributed by atoms with Crippen LogP contribution in [-0.2, 0) is 59.3 Å². The molecule has 520 valence electrons. The SMILES string of the molecule is CC(C)(C)c1cc(CC(=O)Cc2cnc3[nH]c(C(=O)c4cc5cc(O)ccc5[nH]4)cc3c2)no1.CC(C)(C)c1cc(CC(=O)Cc2cnc3[nH]c(C(=O)c4cc5cc(OCc6ccccc6)ccc5[nH]4)cc3c2)no1.Nc1cnc2[nH]c(C(=O)c3cc4cc(OCc5ccccc5)ccc4[nH]3)cc2c1. The van der Waals surface area contributed by atoms with Gasteiger partial charge in [0.05, 0.1) is 70.3 Å². The Morgan fingerprint density at radius 2 is 0.760 bits per heavy atom. The van der Waals surface area contributed by atoms with Crippen LogP contribution in [0.1, 0.15) is 135 Å². The van der Waals surface area contributed by atoms with Gasteiger partial charge in [0.25, 0.3) is 0 Å². The number of ether oxygens (including phenoxy) is 2. The highest BCUT2D eigenvalue weighted by Gasteiger charge is 2.24. The van der Waals surface area contributed by atoms with Crippen molar-refractivity contribution in [3.05, 3.63) is 280 Å². The van der Waals surface area contributed by atoms with E-state index in [0.717, 1.165) is 94.1 Å². The predicted molar refractivity (Wildman–Crippen MR) is 396 cm³/mol. The van der Waals surface area contributed by atoms with Crippen LogP contribution in [0.25, 0.3) is 65.8 Å². The highest BCUT2D eigenvalue weighted by Crippen LogP contribution is 2.31. The molecule has 0 fully saturated rings. The topological polar surface area (TPSA) is 336 Å². The number of nitrogens with two attached hydrogens (primary N) is 1. The first kappa shape index (κ1) is 67.9. The van der Waals surface area contributed by atoms with Crippen molar-refractivity contribution >= 4 is 100 Å². The summed E-state index contributed by atoms with van der Waals surface area (Å²) in [6.45, 7) is 13.1. The fourth-order valence-electron chi connectivity index (χ4n) is 12.0. The molecule has 0 spiro atoms. The number of benzene rings is 5. The quantitative estimate of drug-likeness (QED) is 0.0329. The molecule has 16 rings (SSSR count). The summed E-state index contributed by atoms with van der Waals surface area (Å²) in [6, 6.07) is 56.1. The van der Waals surface area contributed by atoms with Crippen LogP contribution in [-0.4, -0.2) is 89.2 Å². The van der Waals surface area contributed by atoms with Gasteiger partial charge in [0.15, 0.2) is 0 Å². The molecule has 22 heteroatoms. The fourth-order valence-corrected chi connectivity index (χ4v) is 12.0. The average molecular weight is 1390 g/mol. The molecule has 0 bridgehead atoms. The lowest BCUT2D eigenvalue weighted by Crippen LogP contribution is -2.09. The summed E-state index contributed by atoms with van der Waals surface area (Å²) in [5, 5.41) is 22.6. The number of carbonyl (C=O) groups is 5. The Bertz CT molecular complexity index is 5890. The van der Waals surface area contributed by atoms with Crippen LogP contribution in [0.2, 0.25) is 0 Å². The largest absolute Gasteiger partial charge is 0.508 e. The third kappa shape index (κ3) is 15.7. The number of aromatic amines is 6. The Labute approximate surface area is 594 Å². The van der Waals surface area contributed by atoms with Gasteiger partial charge in [-0.1, -0.05) is 113 Å². The Morgan fingerprint density at radius 1 is 0.394 bits per heavy atom. The minimum atomic E-state index is -0.216. The summed E-state index contributed by atoms with van der Waals surface area (Å²) in [7, 11) is 0. The molecule has 0 aliphatic rings. The van der Waals surface area contributed by atoms with Crippen LogP contribution in [0, 0.1) is 0 Å². The number of H-pyrrole nitrogens is 6. The molecule has 0 saturated heterocycles. The lowest BCUT2D eigenvalue weighted by Gasteiger charge is -2.12. The number of aromatic nitrogens is 11. The predicted octanol–water partition coefficient (Wildman–Crippen LogP) is 15.6. The van der Waals surface area contributed by atoms with Crippen LogP contribution in [0.3, 0.4) is 0 Å². The van der Waals surface area contributed by atoms with Gasteiger partial charge in [-0.3, -0.25) is 24.0 Å². The van der Waals surface area contributed by atoms with Crippen LogP contribution < -0.4 is 15.2 Å². The molecule has 9 N–H and O–H groups in total. The Morgan fingerprint density at radius 3 is 1.16 bits per heavy atom. The van der Waals surface area contributed by atoms with Gasteiger partial charge in [-0.2, -0.15) is 0 Å². The minimum Gasteiger partial charge on any atom is -0.508 e. The zero-order valence-electron chi connectivity index (χ0n) is 57.7. The molecule has 0 aliphatic carbocycles. The van der Waals surface area contributed by atoms with Gasteiger partial charge in [-0.05, 0) is 131 Å². The van der Waals surface area contributed by atoms with Crippen molar-refractivity contribution in [3.8, 4) is 17.2 Å². The van der Waals surface area contributed by atoms with E-state index in [1.807, 2.05) is 175 Å². The molecule has 0 radical (unpaired) electrons. The van der Waals surface area contributed by atoms with Gasteiger partial charge in [0, 0.05) is 97.1 Å². The lowest BCUT2D eigenvalue weighted by molar-refractivity contribution is -0.118. The minimum absolute atomic E-state index is 0.00285. The maximum atomic E-state index is 13.3. The van der Waals surface area contributed by atoms with Crippen molar-refractivity contribution in [3.63, 3.8) is 0 Å². The number of anilines is 1. The zero-order chi connectivity index (χ0) is 72.4. The maximum Gasteiger partial charge on any atom is 0.225 e. The van der Waals surface area contributed by atoms with Crippen molar-refractivity contribution in [2.75, 3.05) is 5.73 Å². The number of Topliss-reactive ketones (excluding diaryl/α,β-unsaturated/α-hetero) is 2. The maximum absolute atomic E-state index is 13.3. The van der Waals surface area contributed by atoms with Crippen molar-refractivity contribution in [1.29, 1.82) is 0 Å². The summed E-state index contributed by atoms with van der Waals surface area (Å²) in [5.74, 6) is 2.61. The van der Waals surface area contributed by atoms with E-state index >= 15 is 0 Å². The van der Waals surface area contributed by atoms with Crippen molar-refractivity contribution in [2.45, 2.75) is 91.3 Å². The number of aromatic hydroxyl groups is 1. The number of ketones is 5. The summed E-state index contributed by atoms with van der Waals surface area (Å²) in [4.78, 5) is 96.3. The van der Waals surface area contributed by atoms with E-state index in [1.54, 1.807) is 67.1 Å². The average Bonchev–Trinajstić information content (AvgIpc) is 1.65. The van der Waals surface area contributed by atoms with Crippen LogP contribution in [0.15, 0.2) is 210 Å². The molecule has 0 atom stereocenters. The molecule has 104 heavy (non-hydrogen) atoms. The number of nitrogen functional groups attached to an aromatic ring is 1. The lowest BCUT2D eigenvalue weighted by atomic mass is 9.93. The summed E-state index contributed by atoms with van der Waals surface area (Å²) >= 11 is 0. The number of phenolic OH excluding ortho intramolecular Hbond substituents is 1. The first-order valence-corrected chi connectivity index (χ1v) is 33.7. The Hall–Kier alpha value is -13.2. The van der Waals surface area contributed by atoms with Crippen LogP contribution >= 0.6 is 0 Å². The van der Waals surface area contributed by atoms with Gasteiger partial charge in [-0.15, -0.1) is 0 Å². The van der Waals surface area contributed by atoms with E-state index in [4.69, 9.17) is 24.3 Å². The smallest absolute Gasteiger partial charge is 0.225 e. The van der Waals surface area contributed by atoms with Gasteiger partial charge in [0.2, 0.25) is 17.3 Å². The number of pyridine rings is 3. The molecule has 11 aromatic heterocycles. The molecular weight excluding hydrogens is 1310 g/mol. The molecule has 22 nitrogen and oxygen atoms in total. The number of nitrogens with zero attached hydrogens (tertiary/aromatic N) is 5. The van der Waals surface area contributed by atoms with Gasteiger partial charge >= 0.3 is 0 Å². The monoisotopic (exact) mass is 1380 g/mol. The van der Waals surface area contributed by atoms with E-state index in [-0.39, 0.29) is 71.2 Å².